The second-order valence-electron chi connectivity index (χ2n) is 5.48. The normalized spacial score (nSPS) is 22.3. The smallest absolute Gasteiger partial charge is 0.341 e. The highest BCUT2D eigenvalue weighted by molar-refractivity contribution is 7.88. The molecule has 122 valence electrons. The Labute approximate surface area is 137 Å². The highest BCUT2D eigenvalue weighted by Crippen LogP contribution is 2.26. The lowest BCUT2D eigenvalue weighted by atomic mass is 10.1. The molecule has 0 saturated heterocycles. The van der Waals surface area contributed by atoms with E-state index in [0.29, 0.717) is 43.4 Å². The van der Waals surface area contributed by atoms with Crippen LogP contribution in [0.5, 0.6) is 0 Å². The Morgan fingerprint density at radius 1 is 1.39 bits per heavy atom. The Hall–Kier alpha value is -1.78. The average molecular weight is 354 g/mol. The van der Waals surface area contributed by atoms with Crippen molar-refractivity contribution in [1.82, 2.24) is 14.6 Å². The maximum absolute atomic E-state index is 12.6. The number of carbonyl (C=O) groups is 1. The number of amides is 1. The molecule has 0 radical (unpaired) electrons. The molecule has 0 atom stereocenters. The van der Waals surface area contributed by atoms with Gasteiger partial charge in [0.15, 0.2) is 5.01 Å². The van der Waals surface area contributed by atoms with Crippen molar-refractivity contribution < 1.29 is 17.9 Å². The molecule has 10 heteroatoms. The van der Waals surface area contributed by atoms with Crippen LogP contribution in [0.1, 0.15) is 26.8 Å². The standard InChI is InChI=1S/C13H14N4O4S2/c18-13(12-15-10-2-4-21-7-11(10)22-12)17-3-1-9-8(6-17)5-14-23(19,20)16-9/h5,16H,1-4,6-7H2. The fourth-order valence-electron chi connectivity index (χ4n) is 2.76. The van der Waals surface area contributed by atoms with E-state index in [-0.39, 0.29) is 5.91 Å². The molecule has 8 nitrogen and oxygen atoms in total. The Morgan fingerprint density at radius 2 is 2.26 bits per heavy atom. The van der Waals surface area contributed by atoms with Crippen molar-refractivity contribution in [3.63, 3.8) is 0 Å². The summed E-state index contributed by atoms with van der Waals surface area (Å²) in [7, 11) is -3.61. The van der Waals surface area contributed by atoms with Crippen LogP contribution in [-0.2, 0) is 28.0 Å². The molecule has 1 aromatic rings. The molecule has 23 heavy (non-hydrogen) atoms. The number of nitrogens with one attached hydrogen (secondary N) is 1. The average Bonchev–Trinajstić information content (AvgIpc) is 2.97. The quantitative estimate of drug-likeness (QED) is 0.778. The van der Waals surface area contributed by atoms with Crippen LogP contribution in [0.4, 0.5) is 0 Å². The minimum atomic E-state index is -3.61. The molecule has 0 aliphatic carbocycles. The Bertz CT molecular complexity index is 817. The van der Waals surface area contributed by atoms with E-state index < -0.39 is 10.2 Å². The molecule has 3 aliphatic heterocycles. The van der Waals surface area contributed by atoms with Crippen molar-refractivity contribution in [1.29, 1.82) is 0 Å². The van der Waals surface area contributed by atoms with Crippen LogP contribution in [0.15, 0.2) is 15.7 Å². The van der Waals surface area contributed by atoms with E-state index in [1.807, 2.05) is 0 Å². The third-order valence-electron chi connectivity index (χ3n) is 3.94. The van der Waals surface area contributed by atoms with E-state index >= 15 is 0 Å². The topological polar surface area (TPSA) is 101 Å². The summed E-state index contributed by atoms with van der Waals surface area (Å²) < 4.78 is 34.1. The molecule has 0 saturated carbocycles. The fraction of sp³-hybridized carbons (Fsp3) is 0.462. The summed E-state index contributed by atoms with van der Waals surface area (Å²) in [6, 6.07) is 0. The van der Waals surface area contributed by atoms with Crippen molar-refractivity contribution in [2.24, 2.45) is 4.40 Å². The number of hydrogen-bond donors (Lipinski definition) is 1. The summed E-state index contributed by atoms with van der Waals surface area (Å²) in [5.41, 5.74) is 2.30. The van der Waals surface area contributed by atoms with Crippen molar-refractivity contribution in [3.05, 3.63) is 26.8 Å². The molecule has 1 aromatic heterocycles. The highest BCUT2D eigenvalue weighted by Gasteiger charge is 2.29. The largest absolute Gasteiger partial charge is 0.375 e. The second-order valence-corrected chi connectivity index (χ2v) is 7.93. The van der Waals surface area contributed by atoms with Gasteiger partial charge < -0.3 is 9.64 Å². The van der Waals surface area contributed by atoms with Gasteiger partial charge in [0.05, 0.1) is 23.8 Å². The van der Waals surface area contributed by atoms with Crippen LogP contribution < -0.4 is 4.72 Å². The van der Waals surface area contributed by atoms with Crippen LogP contribution >= 0.6 is 11.3 Å². The van der Waals surface area contributed by atoms with Gasteiger partial charge in [0, 0.05) is 43.4 Å². The van der Waals surface area contributed by atoms with Crippen LogP contribution in [0.25, 0.3) is 0 Å². The number of fused-ring (bicyclic) bond motifs is 1. The number of ether oxygens (including phenoxy) is 1. The minimum absolute atomic E-state index is 0.127. The van der Waals surface area contributed by atoms with Crippen molar-refractivity contribution >= 4 is 33.7 Å². The lowest BCUT2D eigenvalue weighted by molar-refractivity contribution is 0.0764. The molecule has 3 aliphatic rings. The summed E-state index contributed by atoms with van der Waals surface area (Å²) in [6.07, 6.45) is 2.52. The zero-order valence-corrected chi connectivity index (χ0v) is 13.7. The lowest BCUT2D eigenvalue weighted by Crippen LogP contribution is -2.41. The Balaban J connectivity index is 1.54. The zero-order valence-electron chi connectivity index (χ0n) is 12.1. The van der Waals surface area contributed by atoms with E-state index in [9.17, 15) is 13.2 Å². The van der Waals surface area contributed by atoms with E-state index in [1.54, 1.807) is 4.90 Å². The molecule has 1 N–H and O–H groups in total. The van der Waals surface area contributed by atoms with Crippen LogP contribution in [0, 0.1) is 0 Å². The monoisotopic (exact) mass is 354 g/mol. The van der Waals surface area contributed by atoms with Crippen molar-refractivity contribution in [2.45, 2.75) is 19.4 Å². The van der Waals surface area contributed by atoms with Gasteiger partial charge in [0.1, 0.15) is 0 Å². The van der Waals surface area contributed by atoms with Gasteiger partial charge in [-0.25, -0.2) is 4.98 Å². The minimum Gasteiger partial charge on any atom is -0.375 e. The zero-order chi connectivity index (χ0) is 16.0. The van der Waals surface area contributed by atoms with Gasteiger partial charge in [0.2, 0.25) is 0 Å². The number of carbonyl (C=O) groups excluding carboxylic acids is 1. The number of nitrogens with zero attached hydrogens (tertiary/aromatic N) is 3. The maximum Gasteiger partial charge on any atom is 0.341 e. The molecule has 0 unspecified atom stereocenters. The number of aromatic nitrogens is 1. The first-order chi connectivity index (χ1) is 11.0. The second kappa shape index (κ2) is 5.39. The predicted molar refractivity (Wildman–Crippen MR) is 83.6 cm³/mol. The van der Waals surface area contributed by atoms with Crippen molar-refractivity contribution in [2.75, 3.05) is 19.7 Å². The van der Waals surface area contributed by atoms with Gasteiger partial charge in [-0.2, -0.15) is 12.8 Å². The molecule has 1 amide bonds. The van der Waals surface area contributed by atoms with Gasteiger partial charge in [-0.05, 0) is 0 Å². The first-order valence-electron chi connectivity index (χ1n) is 7.17. The molecule has 4 heterocycles. The molecule has 0 bridgehead atoms. The summed E-state index contributed by atoms with van der Waals surface area (Å²) in [5.74, 6) is -0.127. The highest BCUT2D eigenvalue weighted by atomic mass is 32.2. The Kier molecular flexibility index (Phi) is 3.47. The number of hydrogen-bond acceptors (Lipinski definition) is 6. The summed E-state index contributed by atoms with van der Waals surface area (Å²) in [4.78, 5) is 19.8. The molecule has 0 spiro atoms. The van der Waals surface area contributed by atoms with Gasteiger partial charge in [-0.15, -0.1) is 11.3 Å². The van der Waals surface area contributed by atoms with E-state index in [0.717, 1.165) is 22.6 Å². The molecule has 0 aromatic carbocycles. The van der Waals surface area contributed by atoms with Gasteiger partial charge in [-0.1, -0.05) is 0 Å². The maximum atomic E-state index is 12.6. The summed E-state index contributed by atoms with van der Waals surface area (Å²) in [6.45, 7) is 1.95. The van der Waals surface area contributed by atoms with Crippen LogP contribution in [0.3, 0.4) is 0 Å². The predicted octanol–water partition coefficient (Wildman–Crippen LogP) is 0.235. The fourth-order valence-corrected chi connectivity index (χ4v) is 4.64. The van der Waals surface area contributed by atoms with Gasteiger partial charge in [0.25, 0.3) is 5.91 Å². The van der Waals surface area contributed by atoms with Crippen LogP contribution in [0.2, 0.25) is 0 Å². The third-order valence-corrected chi connectivity index (χ3v) is 5.89. The van der Waals surface area contributed by atoms with Gasteiger partial charge in [-0.3, -0.25) is 9.52 Å². The first kappa shape index (κ1) is 14.8. The van der Waals surface area contributed by atoms with Crippen molar-refractivity contribution in [3.8, 4) is 0 Å². The molecular weight excluding hydrogens is 340 g/mol. The summed E-state index contributed by atoms with van der Waals surface area (Å²) >= 11 is 1.38. The number of rotatable bonds is 1. The van der Waals surface area contributed by atoms with Crippen LogP contribution in [-0.4, -0.2) is 50.1 Å². The molecule has 4 rings (SSSR count). The lowest BCUT2D eigenvalue weighted by Gasteiger charge is -2.30. The van der Waals surface area contributed by atoms with E-state index in [1.165, 1.54) is 17.6 Å². The SMILES string of the molecule is O=C(c1nc2c(s1)COCC2)N1CCC2=C(C=NS(=O)(=O)N2)C1. The Morgan fingerprint density at radius 3 is 3.09 bits per heavy atom. The van der Waals surface area contributed by atoms with E-state index in [4.69, 9.17) is 4.74 Å². The summed E-state index contributed by atoms with van der Waals surface area (Å²) in [5, 5.41) is 0.470. The van der Waals surface area contributed by atoms with E-state index in [2.05, 4.69) is 14.1 Å². The number of thiazole rings is 1. The molecular formula is C13H14N4O4S2. The first-order valence-corrected chi connectivity index (χ1v) is 9.43. The van der Waals surface area contributed by atoms with Gasteiger partial charge >= 0.3 is 10.2 Å². The molecule has 0 fully saturated rings. The third kappa shape index (κ3) is 2.77.